The van der Waals surface area contributed by atoms with Gasteiger partial charge in [0.25, 0.3) is 0 Å². The van der Waals surface area contributed by atoms with E-state index in [1.165, 1.54) is 0 Å². The van der Waals surface area contributed by atoms with E-state index in [4.69, 9.17) is 14.2 Å². The van der Waals surface area contributed by atoms with E-state index in [1.807, 2.05) is 31.2 Å². The SMILES string of the molecule is COc1cc(Nc2ccnc(C)c2)cc(OC)c1OC. The Morgan fingerprint density at radius 3 is 2.05 bits per heavy atom. The number of methoxy groups -OCH3 is 3. The molecule has 1 N–H and O–H groups in total. The van der Waals surface area contributed by atoms with Gasteiger partial charge in [-0.05, 0) is 19.1 Å². The zero-order valence-electron chi connectivity index (χ0n) is 12.1. The molecule has 0 atom stereocenters. The van der Waals surface area contributed by atoms with Gasteiger partial charge in [0.15, 0.2) is 11.5 Å². The first kappa shape index (κ1) is 14.0. The number of hydrogen-bond acceptors (Lipinski definition) is 5. The molecule has 0 saturated heterocycles. The van der Waals surface area contributed by atoms with Crippen molar-refractivity contribution in [3.63, 3.8) is 0 Å². The summed E-state index contributed by atoms with van der Waals surface area (Å²) in [7, 11) is 4.77. The molecule has 0 aliphatic rings. The van der Waals surface area contributed by atoms with Gasteiger partial charge in [-0.3, -0.25) is 4.98 Å². The van der Waals surface area contributed by atoms with E-state index in [9.17, 15) is 0 Å². The van der Waals surface area contributed by atoms with Crippen LogP contribution < -0.4 is 19.5 Å². The van der Waals surface area contributed by atoms with Crippen LogP contribution in [0.25, 0.3) is 0 Å². The maximum atomic E-state index is 5.32. The molecule has 0 spiro atoms. The minimum Gasteiger partial charge on any atom is -0.493 e. The first-order chi connectivity index (χ1) is 9.67. The highest BCUT2D eigenvalue weighted by Crippen LogP contribution is 2.40. The molecule has 106 valence electrons. The van der Waals surface area contributed by atoms with Gasteiger partial charge < -0.3 is 19.5 Å². The first-order valence-electron chi connectivity index (χ1n) is 6.17. The largest absolute Gasteiger partial charge is 0.493 e. The number of anilines is 2. The summed E-state index contributed by atoms with van der Waals surface area (Å²) in [5, 5.41) is 3.29. The number of aromatic nitrogens is 1. The molecule has 1 aromatic heterocycles. The Kier molecular flexibility index (Phi) is 4.30. The van der Waals surface area contributed by atoms with Crippen molar-refractivity contribution in [2.45, 2.75) is 6.92 Å². The predicted molar refractivity (Wildman–Crippen MR) is 78.4 cm³/mol. The topological polar surface area (TPSA) is 52.6 Å². The molecular weight excluding hydrogens is 256 g/mol. The van der Waals surface area contributed by atoms with Crippen LogP contribution in [0.15, 0.2) is 30.5 Å². The van der Waals surface area contributed by atoms with Gasteiger partial charge >= 0.3 is 0 Å². The highest BCUT2D eigenvalue weighted by atomic mass is 16.5. The quantitative estimate of drug-likeness (QED) is 0.907. The van der Waals surface area contributed by atoms with Gasteiger partial charge in [-0.25, -0.2) is 0 Å². The summed E-state index contributed by atoms with van der Waals surface area (Å²) in [6.07, 6.45) is 1.76. The molecule has 1 heterocycles. The number of benzene rings is 1. The van der Waals surface area contributed by atoms with Crippen LogP contribution in [0.4, 0.5) is 11.4 Å². The monoisotopic (exact) mass is 274 g/mol. The van der Waals surface area contributed by atoms with E-state index >= 15 is 0 Å². The van der Waals surface area contributed by atoms with Crippen molar-refractivity contribution in [2.75, 3.05) is 26.6 Å². The van der Waals surface area contributed by atoms with Crippen molar-refractivity contribution in [3.8, 4) is 17.2 Å². The molecule has 0 bridgehead atoms. The zero-order valence-corrected chi connectivity index (χ0v) is 12.1. The Bertz CT molecular complexity index is 574. The maximum absolute atomic E-state index is 5.32. The average Bonchev–Trinajstić information content (AvgIpc) is 2.46. The third-order valence-corrected chi connectivity index (χ3v) is 2.85. The van der Waals surface area contributed by atoms with Crippen LogP contribution in [0.2, 0.25) is 0 Å². The maximum Gasteiger partial charge on any atom is 0.203 e. The van der Waals surface area contributed by atoms with Crippen LogP contribution in [-0.2, 0) is 0 Å². The molecule has 0 fully saturated rings. The Morgan fingerprint density at radius 2 is 1.55 bits per heavy atom. The molecule has 5 nitrogen and oxygen atoms in total. The summed E-state index contributed by atoms with van der Waals surface area (Å²) >= 11 is 0. The summed E-state index contributed by atoms with van der Waals surface area (Å²) in [4.78, 5) is 4.17. The molecule has 0 amide bonds. The van der Waals surface area contributed by atoms with Crippen LogP contribution in [0, 0.1) is 6.92 Å². The molecule has 0 saturated carbocycles. The second-order valence-electron chi connectivity index (χ2n) is 4.22. The van der Waals surface area contributed by atoms with Gasteiger partial charge in [0.1, 0.15) is 0 Å². The highest BCUT2D eigenvalue weighted by molar-refractivity contribution is 5.67. The summed E-state index contributed by atoms with van der Waals surface area (Å²) in [6.45, 7) is 1.94. The molecule has 20 heavy (non-hydrogen) atoms. The molecule has 0 radical (unpaired) electrons. The van der Waals surface area contributed by atoms with Gasteiger partial charge in [0, 0.05) is 35.4 Å². The fourth-order valence-corrected chi connectivity index (χ4v) is 1.94. The number of rotatable bonds is 5. The molecule has 0 unspecified atom stereocenters. The lowest BCUT2D eigenvalue weighted by Crippen LogP contribution is -1.98. The average molecular weight is 274 g/mol. The molecule has 0 aliphatic heterocycles. The fourth-order valence-electron chi connectivity index (χ4n) is 1.94. The summed E-state index contributed by atoms with van der Waals surface area (Å²) in [5.74, 6) is 1.80. The number of pyridine rings is 1. The Hall–Kier alpha value is -2.43. The van der Waals surface area contributed by atoms with Gasteiger partial charge in [0.05, 0.1) is 21.3 Å². The van der Waals surface area contributed by atoms with Crippen LogP contribution in [0.1, 0.15) is 5.69 Å². The van der Waals surface area contributed by atoms with Crippen molar-refractivity contribution in [2.24, 2.45) is 0 Å². The van der Waals surface area contributed by atoms with Gasteiger partial charge in [0.2, 0.25) is 5.75 Å². The summed E-state index contributed by atoms with van der Waals surface area (Å²) in [6, 6.07) is 7.58. The van der Waals surface area contributed by atoms with Gasteiger partial charge in [-0.15, -0.1) is 0 Å². The molecule has 1 aromatic carbocycles. The number of hydrogen-bond donors (Lipinski definition) is 1. The summed E-state index contributed by atoms with van der Waals surface area (Å²) in [5.41, 5.74) is 2.75. The Balaban J connectivity index is 2.37. The third kappa shape index (κ3) is 2.93. The second-order valence-corrected chi connectivity index (χ2v) is 4.22. The lowest BCUT2D eigenvalue weighted by molar-refractivity contribution is 0.324. The Morgan fingerprint density at radius 1 is 0.900 bits per heavy atom. The van der Waals surface area contributed by atoms with E-state index < -0.39 is 0 Å². The smallest absolute Gasteiger partial charge is 0.203 e. The minimum absolute atomic E-state index is 0.575. The van der Waals surface area contributed by atoms with Crippen LogP contribution in [0.3, 0.4) is 0 Å². The van der Waals surface area contributed by atoms with E-state index in [0.717, 1.165) is 17.1 Å². The van der Waals surface area contributed by atoms with Crippen LogP contribution >= 0.6 is 0 Å². The van der Waals surface area contributed by atoms with Crippen molar-refractivity contribution in [1.29, 1.82) is 0 Å². The van der Waals surface area contributed by atoms with E-state index in [0.29, 0.717) is 17.2 Å². The fraction of sp³-hybridized carbons (Fsp3) is 0.267. The van der Waals surface area contributed by atoms with E-state index in [-0.39, 0.29) is 0 Å². The number of ether oxygens (including phenoxy) is 3. The van der Waals surface area contributed by atoms with Crippen molar-refractivity contribution in [3.05, 3.63) is 36.2 Å². The highest BCUT2D eigenvalue weighted by Gasteiger charge is 2.13. The van der Waals surface area contributed by atoms with Gasteiger partial charge in [-0.1, -0.05) is 0 Å². The number of nitrogens with zero attached hydrogens (tertiary/aromatic N) is 1. The van der Waals surface area contributed by atoms with E-state index in [1.54, 1.807) is 27.5 Å². The lowest BCUT2D eigenvalue weighted by Gasteiger charge is -2.15. The van der Waals surface area contributed by atoms with Crippen LogP contribution in [0.5, 0.6) is 17.2 Å². The normalized spacial score (nSPS) is 10.0. The first-order valence-corrected chi connectivity index (χ1v) is 6.17. The van der Waals surface area contributed by atoms with Crippen molar-refractivity contribution < 1.29 is 14.2 Å². The molecule has 0 aliphatic carbocycles. The van der Waals surface area contributed by atoms with Gasteiger partial charge in [-0.2, -0.15) is 0 Å². The van der Waals surface area contributed by atoms with Crippen LogP contribution in [-0.4, -0.2) is 26.3 Å². The number of aryl methyl sites for hydroxylation is 1. The molecule has 5 heteroatoms. The van der Waals surface area contributed by atoms with E-state index in [2.05, 4.69) is 10.3 Å². The summed E-state index contributed by atoms with van der Waals surface area (Å²) < 4.78 is 15.9. The second kappa shape index (κ2) is 6.14. The number of nitrogens with one attached hydrogen (secondary N) is 1. The molecule has 2 rings (SSSR count). The third-order valence-electron chi connectivity index (χ3n) is 2.85. The standard InChI is InChI=1S/C15H18N2O3/c1-10-7-11(5-6-16-10)17-12-8-13(18-2)15(20-4)14(9-12)19-3/h5-9H,1-4H3,(H,16,17). The molecular formula is C15H18N2O3. The van der Waals surface area contributed by atoms with Crippen molar-refractivity contribution in [1.82, 2.24) is 4.98 Å². The zero-order chi connectivity index (χ0) is 14.5. The Labute approximate surface area is 118 Å². The lowest BCUT2D eigenvalue weighted by atomic mass is 10.2. The van der Waals surface area contributed by atoms with Crippen molar-refractivity contribution >= 4 is 11.4 Å². The predicted octanol–water partition coefficient (Wildman–Crippen LogP) is 3.16. The minimum atomic E-state index is 0.575. The molecule has 2 aromatic rings.